The van der Waals surface area contributed by atoms with Gasteiger partial charge in [0.15, 0.2) is 11.5 Å². The Kier molecular flexibility index (Phi) is 4.92. The van der Waals surface area contributed by atoms with E-state index in [9.17, 15) is 4.79 Å². The van der Waals surface area contributed by atoms with E-state index < -0.39 is 5.69 Å². The van der Waals surface area contributed by atoms with Crippen molar-refractivity contribution in [3.05, 3.63) is 137 Å². The van der Waals surface area contributed by atoms with Crippen LogP contribution in [0, 0.1) is 0 Å². The average Bonchev–Trinajstić information content (AvgIpc) is 3.19. The highest BCUT2D eigenvalue weighted by Crippen LogP contribution is 2.49. The molecule has 0 spiro atoms. The highest BCUT2D eigenvalue weighted by Gasteiger charge is 2.35. The van der Waals surface area contributed by atoms with Crippen molar-refractivity contribution >= 4 is 5.65 Å². The monoisotopic (exact) mass is 491 g/mol. The zero-order valence-corrected chi connectivity index (χ0v) is 21.2. The molecule has 1 aliphatic carbocycles. The molecule has 2 aromatic heterocycles. The number of fused-ring (bicyclic) bond motifs is 4. The van der Waals surface area contributed by atoms with Gasteiger partial charge in [-0.15, -0.1) is 0 Å². The smallest absolute Gasteiger partial charge is 0.284 e. The lowest BCUT2D eigenvalue weighted by Crippen LogP contribution is -2.18. The highest BCUT2D eigenvalue weighted by atomic mass is 16.1. The van der Waals surface area contributed by atoms with Gasteiger partial charge < -0.3 is 0 Å². The van der Waals surface area contributed by atoms with Crippen molar-refractivity contribution in [2.45, 2.75) is 19.3 Å². The fraction of sp³-hybridized carbons (Fsp3) is 0.0882. The van der Waals surface area contributed by atoms with Crippen LogP contribution < -0.4 is 5.69 Å². The maximum atomic E-state index is 12.9. The Morgan fingerprint density at radius 3 is 2.00 bits per heavy atom. The van der Waals surface area contributed by atoms with Crippen molar-refractivity contribution in [2.75, 3.05) is 0 Å². The first-order valence-corrected chi connectivity index (χ1v) is 12.8. The highest BCUT2D eigenvalue weighted by molar-refractivity contribution is 5.85. The standard InChI is InChI=1S/C34H25N3O/c1-34(2)29-16-10-9-15-26(29)27-18-17-24(20-30(27)34)31-35-33(38)36-32-28(23-13-7-4-8-14-23)19-25(21-37(31)32)22-11-5-3-6-12-22/h3-21H,1-2H3. The molecule has 6 aromatic rings. The molecule has 4 aromatic carbocycles. The van der Waals surface area contributed by atoms with Crippen LogP contribution in [0.15, 0.2) is 120 Å². The van der Waals surface area contributed by atoms with Crippen LogP contribution >= 0.6 is 0 Å². The fourth-order valence-electron chi connectivity index (χ4n) is 5.79. The number of hydrogen-bond donors (Lipinski definition) is 0. The molecule has 4 heteroatoms. The van der Waals surface area contributed by atoms with Gasteiger partial charge in [-0.05, 0) is 51.1 Å². The first kappa shape index (κ1) is 22.4. The lowest BCUT2D eigenvalue weighted by molar-refractivity contribution is 0.660. The van der Waals surface area contributed by atoms with E-state index in [4.69, 9.17) is 0 Å². The third kappa shape index (κ3) is 3.41. The Morgan fingerprint density at radius 2 is 1.24 bits per heavy atom. The van der Waals surface area contributed by atoms with Gasteiger partial charge in [0.25, 0.3) is 0 Å². The predicted molar refractivity (Wildman–Crippen MR) is 153 cm³/mol. The summed E-state index contributed by atoms with van der Waals surface area (Å²) in [4.78, 5) is 21.8. The van der Waals surface area contributed by atoms with Crippen LogP contribution in [0.2, 0.25) is 0 Å². The number of benzene rings is 4. The van der Waals surface area contributed by atoms with Gasteiger partial charge >= 0.3 is 5.69 Å². The number of aromatic nitrogens is 3. The molecule has 0 radical (unpaired) electrons. The molecule has 0 saturated heterocycles. The Balaban J connectivity index is 1.52. The van der Waals surface area contributed by atoms with E-state index in [2.05, 4.69) is 84.5 Å². The summed E-state index contributed by atoms with van der Waals surface area (Å²) in [7, 11) is 0. The largest absolute Gasteiger partial charge is 0.371 e. The van der Waals surface area contributed by atoms with Crippen LogP contribution in [0.4, 0.5) is 0 Å². The summed E-state index contributed by atoms with van der Waals surface area (Å²) in [6.45, 7) is 4.51. The quantitative estimate of drug-likeness (QED) is 0.259. The van der Waals surface area contributed by atoms with Crippen LogP contribution in [0.5, 0.6) is 0 Å². The normalized spacial score (nSPS) is 13.3. The molecule has 0 fully saturated rings. The zero-order chi connectivity index (χ0) is 25.9. The van der Waals surface area contributed by atoms with E-state index in [0.29, 0.717) is 11.5 Å². The molecule has 7 rings (SSSR count). The molecule has 0 N–H and O–H groups in total. The molecular formula is C34H25N3O. The lowest BCUT2D eigenvalue weighted by atomic mass is 9.82. The summed E-state index contributed by atoms with van der Waals surface area (Å²) in [6.07, 6.45) is 2.04. The molecule has 0 saturated carbocycles. The van der Waals surface area contributed by atoms with E-state index in [1.54, 1.807) is 0 Å². The third-order valence-electron chi connectivity index (χ3n) is 7.70. The summed E-state index contributed by atoms with van der Waals surface area (Å²) in [5.41, 5.74) is 9.88. The van der Waals surface area contributed by atoms with Gasteiger partial charge in [-0.3, -0.25) is 4.40 Å². The molecule has 1 aliphatic rings. The fourth-order valence-corrected chi connectivity index (χ4v) is 5.79. The van der Waals surface area contributed by atoms with Gasteiger partial charge in [0.05, 0.1) is 0 Å². The Hall–Kier alpha value is -4.83. The Morgan fingerprint density at radius 1 is 0.579 bits per heavy atom. The maximum Gasteiger partial charge on any atom is 0.371 e. The van der Waals surface area contributed by atoms with E-state index >= 15 is 0 Å². The van der Waals surface area contributed by atoms with Crippen molar-refractivity contribution in [3.63, 3.8) is 0 Å². The third-order valence-corrected chi connectivity index (χ3v) is 7.70. The lowest BCUT2D eigenvalue weighted by Gasteiger charge is -2.22. The zero-order valence-electron chi connectivity index (χ0n) is 21.2. The van der Waals surface area contributed by atoms with E-state index in [1.165, 1.54) is 22.3 Å². The molecular weight excluding hydrogens is 466 g/mol. The van der Waals surface area contributed by atoms with Gasteiger partial charge in [0, 0.05) is 22.7 Å². The second kappa shape index (κ2) is 8.35. The topological polar surface area (TPSA) is 47.3 Å². The van der Waals surface area contributed by atoms with Gasteiger partial charge in [0.1, 0.15) is 0 Å². The van der Waals surface area contributed by atoms with Crippen LogP contribution in [0.1, 0.15) is 25.0 Å². The molecule has 0 amide bonds. The minimum absolute atomic E-state index is 0.153. The second-order valence-corrected chi connectivity index (χ2v) is 10.3. The number of rotatable bonds is 3. The Bertz CT molecular complexity index is 1900. The second-order valence-electron chi connectivity index (χ2n) is 10.3. The molecule has 0 atom stereocenters. The van der Waals surface area contributed by atoms with Gasteiger partial charge in [-0.1, -0.05) is 111 Å². The van der Waals surface area contributed by atoms with E-state index in [0.717, 1.165) is 27.8 Å². The van der Waals surface area contributed by atoms with Gasteiger partial charge in [-0.25, -0.2) is 4.79 Å². The molecule has 2 heterocycles. The summed E-state index contributed by atoms with van der Waals surface area (Å²) in [5, 5.41) is 0. The summed E-state index contributed by atoms with van der Waals surface area (Å²) >= 11 is 0. The minimum atomic E-state index is -0.493. The number of hydrogen-bond acceptors (Lipinski definition) is 3. The first-order valence-electron chi connectivity index (χ1n) is 12.8. The SMILES string of the molecule is CC1(C)c2ccccc2-c2ccc(-c3nc(=O)nc4c(-c5ccccc5)cc(-c5ccccc5)cn34)cc21. The van der Waals surface area contributed by atoms with Crippen LogP contribution in [-0.4, -0.2) is 14.4 Å². The molecule has 182 valence electrons. The summed E-state index contributed by atoms with van der Waals surface area (Å²) in [6, 6.07) is 37.5. The summed E-state index contributed by atoms with van der Waals surface area (Å²) < 4.78 is 1.98. The molecule has 0 bridgehead atoms. The molecule has 38 heavy (non-hydrogen) atoms. The van der Waals surface area contributed by atoms with Crippen LogP contribution in [0.25, 0.3) is 50.4 Å². The van der Waals surface area contributed by atoms with Gasteiger partial charge in [0.2, 0.25) is 0 Å². The van der Waals surface area contributed by atoms with E-state index in [-0.39, 0.29) is 5.41 Å². The molecule has 0 unspecified atom stereocenters. The average molecular weight is 492 g/mol. The maximum absolute atomic E-state index is 12.9. The molecule has 4 nitrogen and oxygen atoms in total. The minimum Gasteiger partial charge on any atom is -0.284 e. The van der Waals surface area contributed by atoms with Crippen LogP contribution in [0.3, 0.4) is 0 Å². The predicted octanol–water partition coefficient (Wildman–Crippen LogP) is 7.40. The van der Waals surface area contributed by atoms with Gasteiger partial charge in [-0.2, -0.15) is 9.97 Å². The van der Waals surface area contributed by atoms with Crippen molar-refractivity contribution < 1.29 is 0 Å². The van der Waals surface area contributed by atoms with Crippen molar-refractivity contribution in [3.8, 4) is 44.8 Å². The van der Waals surface area contributed by atoms with Crippen molar-refractivity contribution in [1.82, 2.24) is 14.4 Å². The van der Waals surface area contributed by atoms with Crippen LogP contribution in [-0.2, 0) is 5.41 Å². The summed E-state index contributed by atoms with van der Waals surface area (Å²) in [5.74, 6) is 0.588. The Labute approximate surface area is 220 Å². The first-order chi connectivity index (χ1) is 18.5. The van der Waals surface area contributed by atoms with Crippen molar-refractivity contribution in [2.24, 2.45) is 0 Å². The number of nitrogens with zero attached hydrogens (tertiary/aromatic N) is 3. The van der Waals surface area contributed by atoms with Crippen molar-refractivity contribution in [1.29, 1.82) is 0 Å². The van der Waals surface area contributed by atoms with E-state index in [1.807, 2.05) is 59.1 Å². The molecule has 0 aliphatic heterocycles. The number of pyridine rings is 1.